The average molecular weight is 296 g/mol. The lowest BCUT2D eigenvalue weighted by Gasteiger charge is -2.26. The van der Waals surface area contributed by atoms with Crippen molar-refractivity contribution >= 4 is 12.0 Å². The van der Waals surface area contributed by atoms with Crippen LogP contribution in [-0.2, 0) is 9.53 Å². The van der Waals surface area contributed by atoms with Gasteiger partial charge in [0.25, 0.3) is 0 Å². The first-order valence-electron chi connectivity index (χ1n) is 7.84. The Morgan fingerprint density at radius 1 is 1.33 bits per heavy atom. The maximum Gasteiger partial charge on any atom is 0.315 e. The summed E-state index contributed by atoms with van der Waals surface area (Å²) in [6, 6.07) is -0.754. The summed E-state index contributed by atoms with van der Waals surface area (Å²) in [5.74, 6) is 1.30. The lowest BCUT2D eigenvalue weighted by molar-refractivity contribution is -0.148. The first kappa shape index (κ1) is 14.6. The number of carboxylic acid groups (broad SMARTS) is 1. The molecule has 3 N–H and O–H groups in total. The fourth-order valence-electron chi connectivity index (χ4n) is 4.14. The molecule has 2 bridgehead atoms. The Bertz CT molecular complexity index is 441. The van der Waals surface area contributed by atoms with Gasteiger partial charge in [-0.2, -0.15) is 0 Å². The van der Waals surface area contributed by atoms with Crippen LogP contribution in [0.3, 0.4) is 0 Å². The van der Waals surface area contributed by atoms with Gasteiger partial charge in [-0.05, 0) is 43.9 Å². The van der Waals surface area contributed by atoms with E-state index in [2.05, 4.69) is 10.6 Å². The van der Waals surface area contributed by atoms with Crippen molar-refractivity contribution in [3.05, 3.63) is 0 Å². The van der Waals surface area contributed by atoms with Crippen LogP contribution in [0.1, 0.15) is 32.6 Å². The van der Waals surface area contributed by atoms with Gasteiger partial charge >= 0.3 is 12.0 Å². The molecule has 0 aromatic carbocycles. The molecule has 1 saturated heterocycles. The molecule has 5 atom stereocenters. The van der Waals surface area contributed by atoms with E-state index in [0.29, 0.717) is 12.5 Å². The minimum absolute atomic E-state index is 0.139. The highest BCUT2D eigenvalue weighted by Crippen LogP contribution is 2.47. The summed E-state index contributed by atoms with van der Waals surface area (Å²) >= 11 is 0. The smallest absolute Gasteiger partial charge is 0.315 e. The maximum absolute atomic E-state index is 12.0. The molecule has 0 aromatic heterocycles. The molecule has 2 saturated carbocycles. The Balaban J connectivity index is 1.47. The van der Waals surface area contributed by atoms with E-state index in [1.54, 1.807) is 6.92 Å². The number of amides is 2. The van der Waals surface area contributed by atoms with Crippen molar-refractivity contribution < 1.29 is 19.4 Å². The molecule has 21 heavy (non-hydrogen) atoms. The average Bonchev–Trinajstić information content (AvgIpc) is 3.13. The summed E-state index contributed by atoms with van der Waals surface area (Å²) in [5, 5.41) is 15.0. The van der Waals surface area contributed by atoms with E-state index in [4.69, 9.17) is 4.74 Å². The quantitative estimate of drug-likeness (QED) is 0.727. The zero-order chi connectivity index (χ0) is 15.0. The van der Waals surface area contributed by atoms with Gasteiger partial charge in [0.2, 0.25) is 0 Å². The number of carboxylic acids is 1. The van der Waals surface area contributed by atoms with Crippen molar-refractivity contribution in [2.24, 2.45) is 23.2 Å². The van der Waals surface area contributed by atoms with Gasteiger partial charge in [-0.15, -0.1) is 0 Å². The minimum atomic E-state index is -1.04. The predicted molar refractivity (Wildman–Crippen MR) is 75.8 cm³/mol. The van der Waals surface area contributed by atoms with Gasteiger partial charge < -0.3 is 20.5 Å². The SMILES string of the molecule is CC1(C(=O)O)COCC1NC(=O)NCC1CC2CCC1C2. The first-order chi connectivity index (χ1) is 9.99. The molecule has 3 fully saturated rings. The van der Waals surface area contributed by atoms with E-state index < -0.39 is 17.4 Å². The van der Waals surface area contributed by atoms with Gasteiger partial charge in [-0.1, -0.05) is 6.42 Å². The van der Waals surface area contributed by atoms with Crippen LogP contribution in [0.2, 0.25) is 0 Å². The predicted octanol–water partition coefficient (Wildman–Crippen LogP) is 1.21. The van der Waals surface area contributed by atoms with E-state index in [9.17, 15) is 14.7 Å². The van der Waals surface area contributed by atoms with Gasteiger partial charge in [0.15, 0.2) is 0 Å². The largest absolute Gasteiger partial charge is 0.481 e. The highest BCUT2D eigenvalue weighted by Gasteiger charge is 2.47. The molecule has 3 aliphatic rings. The van der Waals surface area contributed by atoms with E-state index in [-0.39, 0.29) is 19.2 Å². The molecule has 2 amide bonds. The zero-order valence-corrected chi connectivity index (χ0v) is 12.4. The molecule has 0 radical (unpaired) electrons. The number of ether oxygens (including phenoxy) is 1. The maximum atomic E-state index is 12.0. The van der Waals surface area contributed by atoms with Crippen LogP contribution in [-0.4, -0.2) is 42.9 Å². The number of fused-ring (bicyclic) bond motifs is 2. The number of aliphatic carboxylic acids is 1. The summed E-state index contributed by atoms with van der Waals surface area (Å²) in [6.45, 7) is 2.71. The number of hydrogen-bond donors (Lipinski definition) is 3. The van der Waals surface area contributed by atoms with Crippen molar-refractivity contribution in [1.29, 1.82) is 0 Å². The second kappa shape index (κ2) is 5.48. The highest BCUT2D eigenvalue weighted by molar-refractivity contribution is 5.79. The second-order valence-electron chi connectivity index (χ2n) is 7.08. The molecule has 1 heterocycles. The Labute approximate surface area is 124 Å². The third-order valence-electron chi connectivity index (χ3n) is 5.66. The molecule has 2 aliphatic carbocycles. The molecule has 0 aromatic rings. The number of hydrogen-bond acceptors (Lipinski definition) is 3. The lowest BCUT2D eigenvalue weighted by atomic mass is 9.85. The molecular weight excluding hydrogens is 272 g/mol. The van der Waals surface area contributed by atoms with Crippen LogP contribution >= 0.6 is 0 Å². The summed E-state index contributed by atoms with van der Waals surface area (Å²) in [4.78, 5) is 23.3. The third kappa shape index (κ3) is 2.73. The van der Waals surface area contributed by atoms with Crippen molar-refractivity contribution in [1.82, 2.24) is 10.6 Å². The fraction of sp³-hybridized carbons (Fsp3) is 0.867. The first-order valence-corrected chi connectivity index (χ1v) is 7.84. The van der Waals surface area contributed by atoms with Gasteiger partial charge in [-0.3, -0.25) is 4.79 Å². The van der Waals surface area contributed by atoms with E-state index >= 15 is 0 Å². The molecule has 6 heteroatoms. The second-order valence-corrected chi connectivity index (χ2v) is 7.08. The van der Waals surface area contributed by atoms with Crippen LogP contribution < -0.4 is 10.6 Å². The summed E-state index contributed by atoms with van der Waals surface area (Å²) in [5.41, 5.74) is -1.04. The fourth-order valence-corrected chi connectivity index (χ4v) is 4.14. The Kier molecular flexibility index (Phi) is 3.82. The van der Waals surface area contributed by atoms with Gasteiger partial charge in [-0.25, -0.2) is 4.79 Å². The van der Waals surface area contributed by atoms with Crippen LogP contribution in [0.25, 0.3) is 0 Å². The van der Waals surface area contributed by atoms with Crippen LogP contribution in [0.15, 0.2) is 0 Å². The van der Waals surface area contributed by atoms with Crippen LogP contribution in [0.5, 0.6) is 0 Å². The molecule has 6 nitrogen and oxygen atoms in total. The molecule has 1 aliphatic heterocycles. The molecule has 0 spiro atoms. The summed E-state index contributed by atoms with van der Waals surface area (Å²) < 4.78 is 5.23. The number of rotatable bonds is 4. The number of carbonyl (C=O) groups excluding carboxylic acids is 1. The monoisotopic (exact) mass is 296 g/mol. The van der Waals surface area contributed by atoms with E-state index in [0.717, 1.165) is 11.8 Å². The van der Waals surface area contributed by atoms with Gasteiger partial charge in [0.1, 0.15) is 5.41 Å². The van der Waals surface area contributed by atoms with Gasteiger partial charge in [0, 0.05) is 6.54 Å². The molecule has 3 rings (SSSR count). The van der Waals surface area contributed by atoms with Crippen LogP contribution in [0.4, 0.5) is 4.79 Å². The molecular formula is C15H24N2O4. The lowest BCUT2D eigenvalue weighted by Crippen LogP contribution is -2.53. The standard InChI is InChI=1S/C15H24N2O4/c1-15(13(18)19)8-21-7-12(15)17-14(20)16-6-11-5-9-2-3-10(11)4-9/h9-12H,2-8H2,1H3,(H,18,19)(H2,16,17,20). The molecule has 5 unspecified atom stereocenters. The normalized spacial score (nSPS) is 41.2. The minimum Gasteiger partial charge on any atom is -0.481 e. The molecule has 118 valence electrons. The van der Waals surface area contributed by atoms with Crippen molar-refractivity contribution in [2.75, 3.05) is 19.8 Å². The van der Waals surface area contributed by atoms with Crippen LogP contribution in [0, 0.1) is 23.2 Å². The number of carbonyl (C=O) groups is 2. The van der Waals surface area contributed by atoms with E-state index in [1.165, 1.54) is 25.7 Å². The summed E-state index contributed by atoms with van der Waals surface area (Å²) in [6.07, 6.45) is 5.20. The number of urea groups is 1. The van der Waals surface area contributed by atoms with Crippen molar-refractivity contribution in [3.63, 3.8) is 0 Å². The van der Waals surface area contributed by atoms with Crippen molar-refractivity contribution in [3.8, 4) is 0 Å². The Morgan fingerprint density at radius 3 is 2.76 bits per heavy atom. The van der Waals surface area contributed by atoms with Crippen molar-refractivity contribution in [2.45, 2.75) is 38.6 Å². The number of nitrogens with one attached hydrogen (secondary N) is 2. The third-order valence-corrected chi connectivity index (χ3v) is 5.66. The summed E-state index contributed by atoms with van der Waals surface area (Å²) in [7, 11) is 0. The van der Waals surface area contributed by atoms with Gasteiger partial charge in [0.05, 0.1) is 19.3 Å². The zero-order valence-electron chi connectivity index (χ0n) is 12.4. The van der Waals surface area contributed by atoms with E-state index in [1.807, 2.05) is 0 Å². The Morgan fingerprint density at radius 2 is 2.14 bits per heavy atom. The Hall–Kier alpha value is -1.30. The highest BCUT2D eigenvalue weighted by atomic mass is 16.5. The topological polar surface area (TPSA) is 87.7 Å².